The van der Waals surface area contributed by atoms with Crippen molar-refractivity contribution in [1.82, 2.24) is 4.98 Å². The number of Topliss-reactive ketones (excluding diaryl/α,β-unsaturated/α-hetero) is 1. The molecule has 1 aliphatic heterocycles. The van der Waals surface area contributed by atoms with E-state index in [4.69, 9.17) is 9.47 Å². The number of benzene rings is 1. The highest BCUT2D eigenvalue weighted by Gasteiger charge is 2.34. The second-order valence-electron chi connectivity index (χ2n) is 7.47. The zero-order chi connectivity index (χ0) is 18.3. The van der Waals surface area contributed by atoms with Crippen molar-refractivity contribution in [3.8, 4) is 11.5 Å². The Kier molecular flexibility index (Phi) is 4.19. The number of hydrogen-bond acceptors (Lipinski definition) is 6. The molecule has 0 spiro atoms. The summed E-state index contributed by atoms with van der Waals surface area (Å²) in [6, 6.07) is 5.69. The molecule has 1 aliphatic carbocycles. The molecule has 1 aromatic heterocycles. The van der Waals surface area contributed by atoms with Crippen LogP contribution in [0.15, 0.2) is 18.2 Å². The molecule has 1 amide bonds. The SMILES string of the molecule is CC1(C)CC(=O)c2sc(NC(=O)CCc3ccc4c(c3)OCO4)nc2C1. The van der Waals surface area contributed by atoms with Gasteiger partial charge in [0.05, 0.1) is 10.6 Å². The molecule has 0 saturated heterocycles. The number of hydrogen-bond donors (Lipinski definition) is 1. The van der Waals surface area contributed by atoms with E-state index >= 15 is 0 Å². The molecular formula is C19H20N2O4S. The van der Waals surface area contributed by atoms with Gasteiger partial charge in [-0.1, -0.05) is 31.3 Å². The molecule has 6 nitrogen and oxygen atoms in total. The maximum Gasteiger partial charge on any atom is 0.231 e. The van der Waals surface area contributed by atoms with Gasteiger partial charge in [-0.25, -0.2) is 4.98 Å². The van der Waals surface area contributed by atoms with Crippen molar-refractivity contribution >= 4 is 28.2 Å². The lowest BCUT2D eigenvalue weighted by atomic mass is 9.78. The van der Waals surface area contributed by atoms with Gasteiger partial charge in [-0.2, -0.15) is 0 Å². The zero-order valence-electron chi connectivity index (χ0n) is 14.8. The van der Waals surface area contributed by atoms with Crippen LogP contribution in [0.5, 0.6) is 11.5 Å². The van der Waals surface area contributed by atoms with E-state index in [1.165, 1.54) is 11.3 Å². The fraction of sp³-hybridized carbons (Fsp3) is 0.421. The first-order valence-electron chi connectivity index (χ1n) is 8.61. The number of ketones is 1. The quantitative estimate of drug-likeness (QED) is 0.887. The summed E-state index contributed by atoms with van der Waals surface area (Å²) in [4.78, 5) is 29.7. The Bertz CT molecular complexity index is 888. The standard InChI is InChI=1S/C19H20N2O4S/c1-19(2)8-12-17(13(22)9-19)26-18(20-12)21-16(23)6-4-11-3-5-14-15(7-11)25-10-24-14/h3,5,7H,4,6,8-10H2,1-2H3,(H,20,21,23). The van der Waals surface area contributed by atoms with Crippen molar-refractivity contribution in [2.75, 3.05) is 12.1 Å². The molecule has 0 saturated carbocycles. The van der Waals surface area contributed by atoms with Crippen molar-refractivity contribution in [2.24, 2.45) is 5.41 Å². The third kappa shape index (κ3) is 3.44. The largest absolute Gasteiger partial charge is 0.454 e. The Morgan fingerprint density at radius 3 is 2.92 bits per heavy atom. The predicted molar refractivity (Wildman–Crippen MR) is 98.1 cm³/mol. The maximum atomic E-state index is 12.3. The summed E-state index contributed by atoms with van der Waals surface area (Å²) >= 11 is 1.28. The van der Waals surface area contributed by atoms with Crippen molar-refractivity contribution in [3.63, 3.8) is 0 Å². The number of carbonyl (C=O) groups is 2. The van der Waals surface area contributed by atoms with Crippen molar-refractivity contribution < 1.29 is 19.1 Å². The van der Waals surface area contributed by atoms with Crippen LogP contribution in [0.4, 0.5) is 5.13 Å². The number of thiazole rings is 1. The van der Waals surface area contributed by atoms with Crippen LogP contribution in [0.3, 0.4) is 0 Å². The number of aromatic nitrogens is 1. The number of aryl methyl sites for hydroxylation is 1. The third-order valence-corrected chi connectivity index (χ3v) is 5.61. The average molecular weight is 372 g/mol. The zero-order valence-corrected chi connectivity index (χ0v) is 15.6. The molecule has 4 rings (SSSR count). The first-order chi connectivity index (χ1) is 12.4. The third-order valence-electron chi connectivity index (χ3n) is 4.56. The van der Waals surface area contributed by atoms with E-state index in [1.54, 1.807) is 0 Å². The molecule has 7 heteroatoms. The molecule has 1 aromatic carbocycles. The molecule has 0 unspecified atom stereocenters. The summed E-state index contributed by atoms with van der Waals surface area (Å²) in [5, 5.41) is 3.34. The van der Waals surface area contributed by atoms with Crippen molar-refractivity contribution in [2.45, 2.75) is 39.5 Å². The Morgan fingerprint density at radius 2 is 2.08 bits per heavy atom. The fourth-order valence-electron chi connectivity index (χ4n) is 3.31. The summed E-state index contributed by atoms with van der Waals surface area (Å²) in [6.45, 7) is 4.37. The molecule has 2 aliphatic rings. The Labute approximate surface area is 155 Å². The molecule has 0 atom stereocenters. The molecule has 1 N–H and O–H groups in total. The highest BCUT2D eigenvalue weighted by molar-refractivity contribution is 7.17. The van der Waals surface area contributed by atoms with E-state index in [2.05, 4.69) is 24.1 Å². The second kappa shape index (κ2) is 6.39. The first kappa shape index (κ1) is 17.0. The maximum absolute atomic E-state index is 12.3. The van der Waals surface area contributed by atoms with Crippen molar-refractivity contribution in [3.05, 3.63) is 34.3 Å². The van der Waals surface area contributed by atoms with Crippen LogP contribution in [-0.4, -0.2) is 23.5 Å². The van der Waals surface area contributed by atoms with Gasteiger partial charge in [-0.3, -0.25) is 9.59 Å². The van der Waals surface area contributed by atoms with Crippen LogP contribution >= 0.6 is 11.3 Å². The monoisotopic (exact) mass is 372 g/mol. The van der Waals surface area contributed by atoms with Gasteiger partial charge < -0.3 is 14.8 Å². The lowest BCUT2D eigenvalue weighted by molar-refractivity contribution is -0.116. The van der Waals surface area contributed by atoms with E-state index in [9.17, 15) is 9.59 Å². The lowest BCUT2D eigenvalue weighted by Gasteiger charge is -2.26. The predicted octanol–water partition coefficient (Wildman–Crippen LogP) is 3.60. The highest BCUT2D eigenvalue weighted by atomic mass is 32.1. The van der Waals surface area contributed by atoms with Gasteiger partial charge in [0.1, 0.15) is 0 Å². The number of fused-ring (bicyclic) bond motifs is 2. The molecule has 0 fully saturated rings. The van der Waals surface area contributed by atoms with Gasteiger partial charge in [-0.05, 0) is 36.0 Å². The Balaban J connectivity index is 1.38. The summed E-state index contributed by atoms with van der Waals surface area (Å²) in [6.07, 6.45) is 2.22. The summed E-state index contributed by atoms with van der Waals surface area (Å²) in [7, 11) is 0. The highest BCUT2D eigenvalue weighted by Crippen LogP contribution is 2.38. The Hall–Kier alpha value is -2.41. The first-order valence-corrected chi connectivity index (χ1v) is 9.43. The molecule has 26 heavy (non-hydrogen) atoms. The average Bonchev–Trinajstić information content (AvgIpc) is 3.17. The summed E-state index contributed by atoms with van der Waals surface area (Å²) < 4.78 is 10.6. The van der Waals surface area contributed by atoms with Crippen LogP contribution in [0.2, 0.25) is 0 Å². The van der Waals surface area contributed by atoms with Gasteiger partial charge >= 0.3 is 0 Å². The number of anilines is 1. The summed E-state index contributed by atoms with van der Waals surface area (Å²) in [5.41, 5.74) is 1.75. The van der Waals surface area contributed by atoms with Gasteiger partial charge in [-0.15, -0.1) is 0 Å². The normalized spacial score (nSPS) is 17.1. The van der Waals surface area contributed by atoms with Gasteiger partial charge in [0.15, 0.2) is 22.4 Å². The van der Waals surface area contributed by atoms with E-state index < -0.39 is 0 Å². The number of nitrogens with one attached hydrogen (secondary N) is 1. The Morgan fingerprint density at radius 1 is 1.27 bits per heavy atom. The van der Waals surface area contributed by atoms with Crippen molar-refractivity contribution in [1.29, 1.82) is 0 Å². The minimum atomic E-state index is -0.111. The molecular weight excluding hydrogens is 352 g/mol. The van der Waals surface area contributed by atoms with Crippen LogP contribution in [0, 0.1) is 5.41 Å². The number of amides is 1. The van der Waals surface area contributed by atoms with Crippen LogP contribution in [0.1, 0.15) is 47.6 Å². The van der Waals surface area contributed by atoms with Crippen LogP contribution < -0.4 is 14.8 Å². The summed E-state index contributed by atoms with van der Waals surface area (Å²) in [5.74, 6) is 1.46. The minimum Gasteiger partial charge on any atom is -0.454 e. The van der Waals surface area contributed by atoms with Crippen LogP contribution in [0.25, 0.3) is 0 Å². The molecule has 0 radical (unpaired) electrons. The van der Waals surface area contributed by atoms with E-state index in [0.29, 0.717) is 29.3 Å². The number of carbonyl (C=O) groups excluding carboxylic acids is 2. The van der Waals surface area contributed by atoms with Gasteiger partial charge in [0.2, 0.25) is 12.7 Å². The van der Waals surface area contributed by atoms with E-state index in [1.807, 2.05) is 18.2 Å². The van der Waals surface area contributed by atoms with Crippen LogP contribution in [-0.2, 0) is 17.6 Å². The molecule has 0 bridgehead atoms. The topological polar surface area (TPSA) is 77.5 Å². The molecule has 136 valence electrons. The molecule has 2 aromatic rings. The number of rotatable bonds is 4. The second-order valence-corrected chi connectivity index (χ2v) is 8.47. The number of ether oxygens (including phenoxy) is 2. The lowest BCUT2D eigenvalue weighted by Crippen LogP contribution is -2.26. The fourth-order valence-corrected chi connectivity index (χ4v) is 4.25. The van der Waals surface area contributed by atoms with E-state index in [-0.39, 0.29) is 23.9 Å². The molecule has 2 heterocycles. The minimum absolute atomic E-state index is 0.0706. The smallest absolute Gasteiger partial charge is 0.231 e. The van der Waals surface area contributed by atoms with E-state index in [0.717, 1.165) is 29.2 Å². The number of nitrogens with zero attached hydrogens (tertiary/aromatic N) is 1. The van der Waals surface area contributed by atoms with Gasteiger partial charge in [0, 0.05) is 12.8 Å². The van der Waals surface area contributed by atoms with Gasteiger partial charge in [0.25, 0.3) is 0 Å².